The Labute approximate surface area is 234 Å². The SMILES string of the molecule is Cc1ccc(Oc2ccc(OCC3CCN(C(=O)Oc4ccc(NC(=S)NC(C)(C)C)cn4)CC3)cc2)nc1. The van der Waals surface area contributed by atoms with E-state index in [1.807, 2.05) is 64.1 Å². The fourth-order valence-electron chi connectivity index (χ4n) is 3.91. The fraction of sp³-hybridized carbons (Fsp3) is 0.379. The molecule has 0 unspecified atom stereocenters. The van der Waals surface area contributed by atoms with E-state index in [2.05, 4.69) is 20.6 Å². The summed E-state index contributed by atoms with van der Waals surface area (Å²) in [6.07, 6.45) is 4.63. The van der Waals surface area contributed by atoms with Crippen LogP contribution in [0.5, 0.6) is 23.3 Å². The van der Waals surface area contributed by atoms with Gasteiger partial charge in [-0.3, -0.25) is 0 Å². The first-order valence-electron chi connectivity index (χ1n) is 13.0. The molecule has 0 atom stereocenters. The average Bonchev–Trinajstić information content (AvgIpc) is 2.90. The lowest BCUT2D eigenvalue weighted by atomic mass is 9.98. The van der Waals surface area contributed by atoms with E-state index in [9.17, 15) is 4.79 Å². The molecule has 1 aromatic carbocycles. The van der Waals surface area contributed by atoms with Crippen molar-refractivity contribution in [2.75, 3.05) is 25.0 Å². The number of aromatic nitrogens is 2. The van der Waals surface area contributed by atoms with Gasteiger partial charge in [0.1, 0.15) is 11.5 Å². The third-order valence-corrected chi connectivity index (χ3v) is 6.17. The number of nitrogens with zero attached hydrogens (tertiary/aromatic N) is 3. The van der Waals surface area contributed by atoms with E-state index in [1.165, 1.54) is 0 Å². The number of ether oxygens (including phenoxy) is 3. The molecule has 39 heavy (non-hydrogen) atoms. The molecule has 0 saturated carbocycles. The Morgan fingerprint density at radius 3 is 2.26 bits per heavy atom. The summed E-state index contributed by atoms with van der Waals surface area (Å²) in [7, 11) is 0. The Hall–Kier alpha value is -3.92. The van der Waals surface area contributed by atoms with Crippen molar-refractivity contribution in [1.82, 2.24) is 20.2 Å². The highest BCUT2D eigenvalue weighted by atomic mass is 32.1. The predicted octanol–water partition coefficient (Wildman–Crippen LogP) is 5.95. The third kappa shape index (κ3) is 9.10. The Morgan fingerprint density at radius 1 is 0.974 bits per heavy atom. The molecule has 206 valence electrons. The van der Waals surface area contributed by atoms with Crippen molar-refractivity contribution in [1.29, 1.82) is 0 Å². The minimum absolute atomic E-state index is 0.145. The molecule has 1 saturated heterocycles. The minimum Gasteiger partial charge on any atom is -0.493 e. The second kappa shape index (κ2) is 12.8. The molecule has 4 rings (SSSR count). The summed E-state index contributed by atoms with van der Waals surface area (Å²) in [4.78, 5) is 22.8. The van der Waals surface area contributed by atoms with Crippen molar-refractivity contribution in [3.63, 3.8) is 0 Å². The van der Waals surface area contributed by atoms with Gasteiger partial charge < -0.3 is 29.7 Å². The van der Waals surface area contributed by atoms with E-state index in [-0.39, 0.29) is 11.4 Å². The quantitative estimate of drug-likeness (QED) is 0.346. The number of anilines is 1. The normalized spacial score (nSPS) is 13.9. The first kappa shape index (κ1) is 28.1. The lowest BCUT2D eigenvalue weighted by molar-refractivity contribution is 0.115. The summed E-state index contributed by atoms with van der Waals surface area (Å²) < 4.78 is 17.2. The Bertz CT molecular complexity index is 1240. The van der Waals surface area contributed by atoms with Crippen LogP contribution in [0.3, 0.4) is 0 Å². The first-order valence-corrected chi connectivity index (χ1v) is 13.4. The lowest BCUT2D eigenvalue weighted by Crippen LogP contribution is -2.42. The van der Waals surface area contributed by atoms with E-state index >= 15 is 0 Å². The van der Waals surface area contributed by atoms with E-state index in [4.69, 9.17) is 26.4 Å². The third-order valence-electron chi connectivity index (χ3n) is 5.96. The predicted molar refractivity (Wildman–Crippen MR) is 155 cm³/mol. The van der Waals surface area contributed by atoms with Crippen molar-refractivity contribution >= 4 is 29.1 Å². The number of hydrogen-bond acceptors (Lipinski definition) is 7. The molecule has 1 aliphatic heterocycles. The van der Waals surface area contributed by atoms with Gasteiger partial charge in [0.15, 0.2) is 5.11 Å². The Morgan fingerprint density at radius 2 is 1.64 bits per heavy atom. The zero-order chi connectivity index (χ0) is 27.8. The molecule has 2 N–H and O–H groups in total. The van der Waals surface area contributed by atoms with Gasteiger partial charge in [0.25, 0.3) is 0 Å². The van der Waals surface area contributed by atoms with Crippen LogP contribution < -0.4 is 24.8 Å². The molecule has 1 amide bonds. The molecule has 0 radical (unpaired) electrons. The van der Waals surface area contributed by atoms with E-state index in [1.54, 1.807) is 29.4 Å². The number of piperidine rings is 1. The fourth-order valence-corrected chi connectivity index (χ4v) is 4.33. The minimum atomic E-state index is -0.397. The molecule has 0 bridgehead atoms. The summed E-state index contributed by atoms with van der Waals surface area (Å²) >= 11 is 5.30. The number of aryl methyl sites for hydroxylation is 1. The number of hydrogen-bond donors (Lipinski definition) is 2. The molecule has 2 aromatic heterocycles. The summed E-state index contributed by atoms with van der Waals surface area (Å²) in [6.45, 7) is 9.86. The molecule has 1 aliphatic rings. The van der Waals surface area contributed by atoms with Crippen LogP contribution in [0.4, 0.5) is 10.5 Å². The smallest absolute Gasteiger partial charge is 0.416 e. The molecular weight excluding hydrogens is 514 g/mol. The van der Waals surface area contributed by atoms with Gasteiger partial charge in [-0.25, -0.2) is 14.8 Å². The first-order chi connectivity index (χ1) is 18.6. The maximum absolute atomic E-state index is 12.6. The van der Waals surface area contributed by atoms with Crippen molar-refractivity contribution in [3.05, 3.63) is 66.5 Å². The Kier molecular flexibility index (Phi) is 9.19. The van der Waals surface area contributed by atoms with Crippen LogP contribution >= 0.6 is 12.2 Å². The summed E-state index contributed by atoms with van der Waals surface area (Å²) in [5.74, 6) is 2.64. The molecule has 10 heteroatoms. The van der Waals surface area contributed by atoms with Crippen LogP contribution in [0.15, 0.2) is 60.9 Å². The second-order valence-corrected chi connectivity index (χ2v) is 11.0. The zero-order valence-electron chi connectivity index (χ0n) is 22.8. The number of thiocarbonyl (C=S) groups is 1. The topological polar surface area (TPSA) is 97.8 Å². The van der Waals surface area contributed by atoms with Gasteiger partial charge in [0.05, 0.1) is 18.5 Å². The van der Waals surface area contributed by atoms with Gasteiger partial charge in [-0.15, -0.1) is 0 Å². The number of likely N-dealkylation sites (tertiary alicyclic amines) is 1. The van der Waals surface area contributed by atoms with E-state index in [0.29, 0.717) is 48.0 Å². The van der Waals surface area contributed by atoms with Crippen molar-refractivity contribution < 1.29 is 19.0 Å². The molecule has 1 fully saturated rings. The highest BCUT2D eigenvalue weighted by Gasteiger charge is 2.25. The maximum Gasteiger partial charge on any atom is 0.416 e. The van der Waals surface area contributed by atoms with E-state index < -0.39 is 6.09 Å². The number of carbonyl (C=O) groups excluding carboxylic acids is 1. The summed E-state index contributed by atoms with van der Waals surface area (Å²) in [6, 6.07) is 14.7. The number of amides is 1. The van der Waals surface area contributed by atoms with Crippen molar-refractivity contribution in [3.8, 4) is 23.3 Å². The van der Waals surface area contributed by atoms with Crippen molar-refractivity contribution in [2.45, 2.75) is 46.1 Å². The van der Waals surface area contributed by atoms with Gasteiger partial charge in [-0.1, -0.05) is 6.07 Å². The second-order valence-electron chi connectivity index (χ2n) is 10.6. The zero-order valence-corrected chi connectivity index (χ0v) is 23.6. The average molecular weight is 550 g/mol. The van der Waals surface area contributed by atoms with E-state index in [0.717, 1.165) is 24.2 Å². The molecule has 3 aromatic rings. The van der Waals surface area contributed by atoms with Crippen LogP contribution in [0, 0.1) is 12.8 Å². The Balaban J connectivity index is 1.16. The van der Waals surface area contributed by atoms with Crippen LogP contribution in [0.25, 0.3) is 0 Å². The van der Waals surface area contributed by atoms with Crippen LogP contribution in [0.1, 0.15) is 39.2 Å². The molecule has 3 heterocycles. The molecule has 0 spiro atoms. The summed E-state index contributed by atoms with van der Waals surface area (Å²) in [5.41, 5.74) is 1.65. The monoisotopic (exact) mass is 549 g/mol. The van der Waals surface area contributed by atoms with Gasteiger partial charge in [0, 0.05) is 37.0 Å². The number of rotatable bonds is 7. The number of benzene rings is 1. The number of pyridine rings is 2. The van der Waals surface area contributed by atoms with Crippen LogP contribution in [-0.4, -0.2) is 51.3 Å². The van der Waals surface area contributed by atoms with Crippen LogP contribution in [-0.2, 0) is 0 Å². The van der Waals surface area contributed by atoms with Gasteiger partial charge in [-0.05, 0) is 94.6 Å². The van der Waals surface area contributed by atoms with Gasteiger partial charge in [-0.2, -0.15) is 0 Å². The molecule has 0 aliphatic carbocycles. The summed E-state index contributed by atoms with van der Waals surface area (Å²) in [5, 5.41) is 6.75. The number of nitrogens with one attached hydrogen (secondary N) is 2. The van der Waals surface area contributed by atoms with Crippen molar-refractivity contribution in [2.24, 2.45) is 5.92 Å². The molecule has 9 nitrogen and oxygen atoms in total. The highest BCUT2D eigenvalue weighted by molar-refractivity contribution is 7.80. The van der Waals surface area contributed by atoms with Crippen LogP contribution in [0.2, 0.25) is 0 Å². The largest absolute Gasteiger partial charge is 0.493 e. The standard InChI is InChI=1S/C29H35N5O4S/c1-20-5-11-25(30-17-20)37-24-9-7-23(8-10-24)36-19-21-13-15-34(16-14-21)28(35)38-26-12-6-22(18-31-26)32-27(39)33-29(2,3)4/h5-12,17-18,21H,13-16,19H2,1-4H3,(H2,32,33,39). The lowest BCUT2D eigenvalue weighted by Gasteiger charge is -2.31. The van der Waals surface area contributed by atoms with Gasteiger partial charge in [0.2, 0.25) is 11.8 Å². The maximum atomic E-state index is 12.6. The highest BCUT2D eigenvalue weighted by Crippen LogP contribution is 2.25. The molecular formula is C29H35N5O4S. The van der Waals surface area contributed by atoms with Gasteiger partial charge >= 0.3 is 6.09 Å². The number of carbonyl (C=O) groups is 1.